The summed E-state index contributed by atoms with van der Waals surface area (Å²) in [4.78, 5) is 4.30. The molecule has 0 aromatic carbocycles. The first-order valence-electron chi connectivity index (χ1n) is 5.63. The fourth-order valence-electron chi connectivity index (χ4n) is 1.87. The van der Waals surface area contributed by atoms with Crippen LogP contribution in [0.1, 0.15) is 40.0 Å². The molecule has 0 aromatic rings. The Morgan fingerprint density at radius 1 is 1.47 bits per heavy atom. The Bertz CT molecular complexity index is 232. The van der Waals surface area contributed by atoms with Gasteiger partial charge in [0, 0.05) is 12.1 Å². The van der Waals surface area contributed by atoms with E-state index in [0.717, 1.165) is 25.8 Å². The van der Waals surface area contributed by atoms with Gasteiger partial charge in [-0.3, -0.25) is 4.99 Å². The van der Waals surface area contributed by atoms with E-state index in [1.54, 1.807) is 0 Å². The monoisotopic (exact) mass is 213 g/mol. The molecule has 4 N–H and O–H groups in total. The van der Waals surface area contributed by atoms with Crippen LogP contribution in [0.25, 0.3) is 0 Å². The maximum atomic E-state index is 9.36. The van der Waals surface area contributed by atoms with Crippen LogP contribution in [0.4, 0.5) is 0 Å². The van der Waals surface area contributed by atoms with Gasteiger partial charge in [0.25, 0.3) is 0 Å². The second kappa shape index (κ2) is 4.84. The third-order valence-electron chi connectivity index (χ3n) is 2.54. The van der Waals surface area contributed by atoms with Gasteiger partial charge in [-0.2, -0.15) is 0 Å². The Kier molecular flexibility index (Phi) is 3.97. The maximum Gasteiger partial charge on any atom is 0.188 e. The van der Waals surface area contributed by atoms with Crippen LogP contribution in [0.5, 0.6) is 0 Å². The van der Waals surface area contributed by atoms with Crippen LogP contribution >= 0.6 is 0 Å². The number of rotatable bonds is 2. The predicted octanol–water partition coefficient (Wildman–Crippen LogP) is 0.850. The highest BCUT2D eigenvalue weighted by molar-refractivity contribution is 5.78. The molecule has 1 aliphatic rings. The lowest BCUT2D eigenvalue weighted by Crippen LogP contribution is -2.45. The molecule has 15 heavy (non-hydrogen) atoms. The van der Waals surface area contributed by atoms with Crippen molar-refractivity contribution in [3.63, 3.8) is 0 Å². The zero-order valence-corrected chi connectivity index (χ0v) is 9.95. The number of nitrogens with one attached hydrogen (secondary N) is 1. The number of nitrogens with two attached hydrogens (primary N) is 1. The molecule has 4 heteroatoms. The minimum atomic E-state index is -0.123. The minimum Gasteiger partial charge on any atom is -0.393 e. The van der Waals surface area contributed by atoms with Crippen molar-refractivity contribution in [2.24, 2.45) is 16.6 Å². The molecule has 0 bridgehead atoms. The van der Waals surface area contributed by atoms with Crippen molar-refractivity contribution in [3.05, 3.63) is 0 Å². The number of nitrogens with zero attached hydrogens (tertiary/aromatic N) is 1. The normalized spacial score (nSPS) is 28.1. The largest absolute Gasteiger partial charge is 0.393 e. The molecule has 2 unspecified atom stereocenters. The van der Waals surface area contributed by atoms with Crippen molar-refractivity contribution >= 4 is 5.96 Å². The molecule has 0 saturated heterocycles. The van der Waals surface area contributed by atoms with Gasteiger partial charge in [0.05, 0.1) is 6.10 Å². The third kappa shape index (κ3) is 5.02. The van der Waals surface area contributed by atoms with E-state index in [4.69, 9.17) is 5.73 Å². The molecule has 4 nitrogen and oxygen atoms in total. The Balaban J connectivity index is 2.31. The van der Waals surface area contributed by atoms with Crippen LogP contribution in [0, 0.1) is 5.92 Å². The molecule has 0 spiro atoms. The lowest BCUT2D eigenvalue weighted by atomic mass is 10.1. The van der Waals surface area contributed by atoms with Crippen LogP contribution in [0.3, 0.4) is 0 Å². The maximum absolute atomic E-state index is 9.36. The quantitative estimate of drug-likeness (QED) is 0.470. The van der Waals surface area contributed by atoms with Crippen LogP contribution in [0.15, 0.2) is 4.99 Å². The highest BCUT2D eigenvalue weighted by Crippen LogP contribution is 2.25. The van der Waals surface area contributed by atoms with E-state index >= 15 is 0 Å². The standard InChI is InChI=1S/C11H23N3O/c1-11(2,3)14-10(12)13-7-8-4-5-9(15)6-8/h8-9,15H,4-7H2,1-3H3,(H3,12,13,14). The molecule has 1 saturated carbocycles. The van der Waals surface area contributed by atoms with Crippen LogP contribution in [-0.4, -0.2) is 29.3 Å². The summed E-state index contributed by atoms with van der Waals surface area (Å²) >= 11 is 0. The molecule has 0 heterocycles. The first-order chi connectivity index (χ1) is 6.87. The van der Waals surface area contributed by atoms with Crippen LogP contribution in [-0.2, 0) is 0 Å². The van der Waals surface area contributed by atoms with E-state index in [0.29, 0.717) is 11.9 Å². The van der Waals surface area contributed by atoms with E-state index in [1.165, 1.54) is 0 Å². The molecule has 0 aromatic heterocycles. The minimum absolute atomic E-state index is 0.0389. The molecule has 0 aliphatic heterocycles. The first kappa shape index (κ1) is 12.3. The van der Waals surface area contributed by atoms with Gasteiger partial charge in [-0.15, -0.1) is 0 Å². The van der Waals surface area contributed by atoms with Crippen LogP contribution in [0.2, 0.25) is 0 Å². The summed E-state index contributed by atoms with van der Waals surface area (Å²) in [6.45, 7) is 6.88. The molecular formula is C11H23N3O. The van der Waals surface area contributed by atoms with Crippen molar-refractivity contribution in [3.8, 4) is 0 Å². The van der Waals surface area contributed by atoms with E-state index in [1.807, 2.05) is 0 Å². The highest BCUT2D eigenvalue weighted by atomic mass is 16.3. The Hall–Kier alpha value is -0.770. The third-order valence-corrected chi connectivity index (χ3v) is 2.54. The summed E-state index contributed by atoms with van der Waals surface area (Å²) in [5.41, 5.74) is 5.71. The first-order valence-corrected chi connectivity index (χ1v) is 5.63. The molecule has 1 fully saturated rings. The van der Waals surface area contributed by atoms with Crippen LogP contribution < -0.4 is 11.1 Å². The number of hydrogen-bond acceptors (Lipinski definition) is 2. The Labute approximate surface area is 92.0 Å². The van der Waals surface area contributed by atoms with Gasteiger partial charge in [-0.1, -0.05) is 0 Å². The highest BCUT2D eigenvalue weighted by Gasteiger charge is 2.22. The van der Waals surface area contributed by atoms with E-state index in [2.05, 4.69) is 31.1 Å². The SMILES string of the molecule is CC(C)(C)NC(N)=NCC1CCC(O)C1. The number of guanidine groups is 1. The number of aliphatic hydroxyl groups is 1. The van der Waals surface area contributed by atoms with E-state index in [9.17, 15) is 5.11 Å². The number of aliphatic imine (C=N–C) groups is 1. The van der Waals surface area contributed by atoms with Crippen molar-refractivity contribution in [2.75, 3.05) is 6.54 Å². The molecule has 0 radical (unpaired) electrons. The van der Waals surface area contributed by atoms with Gasteiger partial charge in [0.1, 0.15) is 0 Å². The fraction of sp³-hybridized carbons (Fsp3) is 0.909. The topological polar surface area (TPSA) is 70.6 Å². The second-order valence-electron chi connectivity index (χ2n) is 5.43. The summed E-state index contributed by atoms with van der Waals surface area (Å²) in [6, 6.07) is 0. The van der Waals surface area contributed by atoms with E-state index in [-0.39, 0.29) is 11.6 Å². The van der Waals surface area contributed by atoms with Gasteiger partial charge >= 0.3 is 0 Å². The fourth-order valence-corrected chi connectivity index (χ4v) is 1.87. The zero-order valence-electron chi connectivity index (χ0n) is 9.95. The van der Waals surface area contributed by atoms with Gasteiger partial charge in [-0.25, -0.2) is 0 Å². The smallest absolute Gasteiger partial charge is 0.188 e. The summed E-state index contributed by atoms with van der Waals surface area (Å²) in [6.07, 6.45) is 2.72. The number of hydrogen-bond donors (Lipinski definition) is 3. The van der Waals surface area contributed by atoms with Gasteiger partial charge in [0.2, 0.25) is 0 Å². The Morgan fingerprint density at radius 3 is 2.60 bits per heavy atom. The van der Waals surface area contributed by atoms with Crippen molar-refractivity contribution in [2.45, 2.75) is 51.7 Å². The molecule has 88 valence electrons. The summed E-state index contributed by atoms with van der Waals surface area (Å²) in [5, 5.41) is 12.5. The summed E-state index contributed by atoms with van der Waals surface area (Å²) in [7, 11) is 0. The van der Waals surface area contributed by atoms with Crippen molar-refractivity contribution in [1.82, 2.24) is 5.32 Å². The molecule has 1 aliphatic carbocycles. The zero-order chi connectivity index (χ0) is 11.5. The van der Waals surface area contributed by atoms with Gasteiger partial charge < -0.3 is 16.2 Å². The average Bonchev–Trinajstić information content (AvgIpc) is 2.45. The Morgan fingerprint density at radius 2 is 2.13 bits per heavy atom. The lowest BCUT2D eigenvalue weighted by molar-refractivity contribution is 0.178. The van der Waals surface area contributed by atoms with Crippen molar-refractivity contribution in [1.29, 1.82) is 0 Å². The summed E-state index contributed by atoms with van der Waals surface area (Å²) < 4.78 is 0. The van der Waals surface area contributed by atoms with Gasteiger partial charge in [0.15, 0.2) is 5.96 Å². The second-order valence-corrected chi connectivity index (χ2v) is 5.43. The van der Waals surface area contributed by atoms with Crippen molar-refractivity contribution < 1.29 is 5.11 Å². The molecule has 1 rings (SSSR count). The summed E-state index contributed by atoms with van der Waals surface area (Å²) in [5.74, 6) is 1.00. The van der Waals surface area contributed by atoms with Gasteiger partial charge in [-0.05, 0) is 46.0 Å². The predicted molar refractivity (Wildman–Crippen MR) is 62.7 cm³/mol. The lowest BCUT2D eigenvalue weighted by Gasteiger charge is -2.21. The molecule has 2 atom stereocenters. The average molecular weight is 213 g/mol. The molecule has 0 amide bonds. The van der Waals surface area contributed by atoms with E-state index < -0.39 is 0 Å². The number of aliphatic hydroxyl groups excluding tert-OH is 1. The molecular weight excluding hydrogens is 190 g/mol.